The van der Waals surface area contributed by atoms with Crippen molar-refractivity contribution in [3.8, 4) is 0 Å². The van der Waals surface area contributed by atoms with E-state index in [0.29, 0.717) is 5.92 Å². The molecule has 0 atom stereocenters. The number of nitrogens with zero attached hydrogens (tertiary/aromatic N) is 3. The second-order valence-corrected chi connectivity index (χ2v) is 6.71. The van der Waals surface area contributed by atoms with Gasteiger partial charge in [-0.3, -0.25) is 9.48 Å². The van der Waals surface area contributed by atoms with Crippen LogP contribution in [0.5, 0.6) is 0 Å². The van der Waals surface area contributed by atoms with Gasteiger partial charge in [0.1, 0.15) is 0 Å². The van der Waals surface area contributed by atoms with Crippen LogP contribution < -0.4 is 0 Å². The predicted octanol–water partition coefficient (Wildman–Crippen LogP) is 3.36. The fourth-order valence-corrected chi connectivity index (χ4v) is 3.38. The second kappa shape index (κ2) is 6.57. The van der Waals surface area contributed by atoms with E-state index in [1.54, 1.807) is 0 Å². The first-order chi connectivity index (χ1) is 11.0. The van der Waals surface area contributed by atoms with Crippen LogP contribution in [0.15, 0.2) is 30.3 Å². The van der Waals surface area contributed by atoms with Crippen molar-refractivity contribution in [2.24, 2.45) is 5.92 Å². The van der Waals surface area contributed by atoms with Gasteiger partial charge in [0, 0.05) is 30.9 Å². The van der Waals surface area contributed by atoms with Gasteiger partial charge in [-0.2, -0.15) is 5.10 Å². The van der Waals surface area contributed by atoms with Gasteiger partial charge >= 0.3 is 0 Å². The van der Waals surface area contributed by atoms with Crippen LogP contribution in [-0.2, 0) is 6.54 Å². The Bertz CT molecular complexity index is 696. The number of hydrogen-bond donors (Lipinski definition) is 0. The van der Waals surface area contributed by atoms with Crippen LogP contribution in [0.2, 0.25) is 0 Å². The minimum absolute atomic E-state index is 0.165. The molecule has 1 saturated heterocycles. The Labute approximate surface area is 138 Å². The van der Waals surface area contributed by atoms with Gasteiger partial charge in [0.05, 0.1) is 5.69 Å². The standard InChI is InChI=1S/C19H25N3O/c1-14-5-4-6-18(11-14)19(23)21-9-7-17(8-10-21)13-22-16(3)12-15(2)20-22/h4-6,11-12,17H,7-10,13H2,1-3H3. The van der Waals surface area contributed by atoms with Gasteiger partial charge in [0.15, 0.2) is 0 Å². The van der Waals surface area contributed by atoms with Gasteiger partial charge < -0.3 is 4.90 Å². The van der Waals surface area contributed by atoms with Crippen molar-refractivity contribution in [3.05, 3.63) is 52.8 Å². The molecule has 23 heavy (non-hydrogen) atoms. The molecule has 3 rings (SSSR count). The Morgan fingerprint density at radius 2 is 1.91 bits per heavy atom. The Morgan fingerprint density at radius 1 is 1.17 bits per heavy atom. The summed E-state index contributed by atoms with van der Waals surface area (Å²) in [5.41, 5.74) is 4.24. The van der Waals surface area contributed by atoms with E-state index in [0.717, 1.165) is 49.3 Å². The van der Waals surface area contributed by atoms with E-state index in [1.165, 1.54) is 5.69 Å². The molecule has 4 nitrogen and oxygen atoms in total. The van der Waals surface area contributed by atoms with E-state index in [4.69, 9.17) is 0 Å². The van der Waals surface area contributed by atoms with Gasteiger partial charge in [0.2, 0.25) is 0 Å². The molecule has 0 bridgehead atoms. The third-order valence-corrected chi connectivity index (χ3v) is 4.70. The van der Waals surface area contributed by atoms with Crippen LogP contribution in [0.3, 0.4) is 0 Å². The second-order valence-electron chi connectivity index (χ2n) is 6.71. The van der Waals surface area contributed by atoms with Crippen molar-refractivity contribution < 1.29 is 4.79 Å². The molecule has 0 spiro atoms. The van der Waals surface area contributed by atoms with Crippen molar-refractivity contribution >= 4 is 5.91 Å². The monoisotopic (exact) mass is 311 g/mol. The normalized spacial score (nSPS) is 15.9. The number of piperidine rings is 1. The van der Waals surface area contributed by atoms with Gasteiger partial charge in [-0.25, -0.2) is 0 Å². The third kappa shape index (κ3) is 3.63. The van der Waals surface area contributed by atoms with Crippen LogP contribution in [-0.4, -0.2) is 33.7 Å². The molecule has 1 aliphatic heterocycles. The van der Waals surface area contributed by atoms with Crippen molar-refractivity contribution in [2.45, 2.75) is 40.2 Å². The maximum atomic E-state index is 12.6. The summed E-state index contributed by atoms with van der Waals surface area (Å²) in [4.78, 5) is 14.6. The minimum atomic E-state index is 0.165. The molecule has 1 aromatic heterocycles. The maximum Gasteiger partial charge on any atom is 0.253 e. The molecule has 0 aliphatic carbocycles. The summed E-state index contributed by atoms with van der Waals surface area (Å²) in [6, 6.07) is 9.99. The van der Waals surface area contributed by atoms with Gasteiger partial charge in [-0.15, -0.1) is 0 Å². The molecule has 122 valence electrons. The number of aryl methyl sites for hydroxylation is 3. The molecule has 0 saturated carbocycles. The average Bonchev–Trinajstić information content (AvgIpc) is 2.85. The molecule has 2 heterocycles. The first kappa shape index (κ1) is 15.8. The van der Waals surface area contributed by atoms with E-state index in [1.807, 2.05) is 43.0 Å². The zero-order chi connectivity index (χ0) is 16.4. The number of rotatable bonds is 3. The van der Waals surface area contributed by atoms with Gasteiger partial charge in [-0.1, -0.05) is 17.7 Å². The SMILES string of the molecule is Cc1cccc(C(=O)N2CCC(Cn3nc(C)cc3C)CC2)c1. The fourth-order valence-electron chi connectivity index (χ4n) is 3.38. The van der Waals surface area contributed by atoms with E-state index < -0.39 is 0 Å². The number of carbonyl (C=O) groups excluding carboxylic acids is 1. The molecule has 0 radical (unpaired) electrons. The summed E-state index contributed by atoms with van der Waals surface area (Å²) in [6.07, 6.45) is 2.10. The Kier molecular flexibility index (Phi) is 4.51. The van der Waals surface area contributed by atoms with Crippen molar-refractivity contribution in [3.63, 3.8) is 0 Å². The molecule has 1 fully saturated rings. The smallest absolute Gasteiger partial charge is 0.253 e. The molecule has 4 heteroatoms. The highest BCUT2D eigenvalue weighted by Gasteiger charge is 2.24. The average molecular weight is 311 g/mol. The zero-order valence-electron chi connectivity index (χ0n) is 14.2. The van der Waals surface area contributed by atoms with E-state index >= 15 is 0 Å². The topological polar surface area (TPSA) is 38.1 Å². The number of carbonyl (C=O) groups is 1. The highest BCUT2D eigenvalue weighted by molar-refractivity contribution is 5.94. The molecule has 1 aromatic carbocycles. The first-order valence-corrected chi connectivity index (χ1v) is 8.40. The van der Waals surface area contributed by atoms with Crippen molar-refractivity contribution in [1.82, 2.24) is 14.7 Å². The number of amides is 1. The van der Waals surface area contributed by atoms with Crippen molar-refractivity contribution in [1.29, 1.82) is 0 Å². The largest absolute Gasteiger partial charge is 0.339 e. The summed E-state index contributed by atoms with van der Waals surface area (Å²) >= 11 is 0. The van der Waals surface area contributed by atoms with Crippen LogP contribution in [0, 0.1) is 26.7 Å². The summed E-state index contributed by atoms with van der Waals surface area (Å²) in [5, 5.41) is 4.55. The third-order valence-electron chi connectivity index (χ3n) is 4.70. The van der Waals surface area contributed by atoms with Crippen molar-refractivity contribution in [2.75, 3.05) is 13.1 Å². The van der Waals surface area contributed by atoms with E-state index in [-0.39, 0.29) is 5.91 Å². The lowest BCUT2D eigenvalue weighted by Crippen LogP contribution is -2.39. The first-order valence-electron chi connectivity index (χ1n) is 8.40. The van der Waals surface area contributed by atoms with Gasteiger partial charge in [-0.05, 0) is 57.7 Å². The number of benzene rings is 1. The molecule has 1 aliphatic rings. The Hall–Kier alpha value is -2.10. The van der Waals surface area contributed by atoms with Crippen LogP contribution in [0.25, 0.3) is 0 Å². The summed E-state index contributed by atoms with van der Waals surface area (Å²) in [6.45, 7) is 8.82. The predicted molar refractivity (Wildman–Crippen MR) is 91.5 cm³/mol. The zero-order valence-corrected chi connectivity index (χ0v) is 14.2. The molecule has 0 N–H and O–H groups in total. The lowest BCUT2D eigenvalue weighted by Gasteiger charge is -2.32. The molecule has 1 amide bonds. The highest BCUT2D eigenvalue weighted by Crippen LogP contribution is 2.21. The highest BCUT2D eigenvalue weighted by atomic mass is 16.2. The number of hydrogen-bond acceptors (Lipinski definition) is 2. The number of aromatic nitrogens is 2. The quantitative estimate of drug-likeness (QED) is 0.872. The Balaban J connectivity index is 1.58. The fraction of sp³-hybridized carbons (Fsp3) is 0.474. The molecule has 0 unspecified atom stereocenters. The summed E-state index contributed by atoms with van der Waals surface area (Å²) < 4.78 is 2.11. The number of likely N-dealkylation sites (tertiary alicyclic amines) is 1. The maximum absolute atomic E-state index is 12.6. The summed E-state index contributed by atoms with van der Waals surface area (Å²) in [7, 11) is 0. The molecular weight excluding hydrogens is 286 g/mol. The van der Waals surface area contributed by atoms with E-state index in [9.17, 15) is 4.79 Å². The minimum Gasteiger partial charge on any atom is -0.339 e. The van der Waals surface area contributed by atoms with Crippen LogP contribution >= 0.6 is 0 Å². The molecular formula is C19H25N3O. The lowest BCUT2D eigenvalue weighted by atomic mass is 9.96. The molecule has 2 aromatic rings. The van der Waals surface area contributed by atoms with Crippen LogP contribution in [0.1, 0.15) is 40.2 Å². The van der Waals surface area contributed by atoms with E-state index in [2.05, 4.69) is 22.8 Å². The van der Waals surface area contributed by atoms with Crippen LogP contribution in [0.4, 0.5) is 0 Å². The lowest BCUT2D eigenvalue weighted by molar-refractivity contribution is 0.0681. The summed E-state index contributed by atoms with van der Waals surface area (Å²) in [5.74, 6) is 0.771. The Morgan fingerprint density at radius 3 is 2.52 bits per heavy atom. The van der Waals surface area contributed by atoms with Gasteiger partial charge in [0.25, 0.3) is 5.91 Å².